The van der Waals surface area contributed by atoms with Crippen molar-refractivity contribution < 1.29 is 4.79 Å². The maximum atomic E-state index is 12.2. The fourth-order valence-corrected chi connectivity index (χ4v) is 2.65. The van der Waals surface area contributed by atoms with Gasteiger partial charge in [-0.2, -0.15) is 0 Å². The Bertz CT molecular complexity index is 861. The van der Waals surface area contributed by atoms with Gasteiger partial charge in [-0.25, -0.2) is 4.98 Å². The fourth-order valence-electron chi connectivity index (χ4n) is 2.54. The van der Waals surface area contributed by atoms with Crippen molar-refractivity contribution in [2.24, 2.45) is 5.92 Å². The minimum atomic E-state index is -0.186. The number of hydrogen-bond acceptors (Lipinski definition) is 5. The van der Waals surface area contributed by atoms with Gasteiger partial charge in [-0.3, -0.25) is 14.5 Å². The quantitative estimate of drug-likeness (QED) is 0.707. The molecule has 0 fully saturated rings. The SMILES string of the molecule is CC(C)C(NCC(=O)Nc1ccc(Cl)cn1)c1nnc2ccccn12. The summed E-state index contributed by atoms with van der Waals surface area (Å²) in [6.07, 6.45) is 3.41. The smallest absolute Gasteiger partial charge is 0.239 e. The number of rotatable bonds is 6. The van der Waals surface area contributed by atoms with Gasteiger partial charge in [0.2, 0.25) is 5.91 Å². The predicted octanol–water partition coefficient (Wildman–Crippen LogP) is 2.70. The van der Waals surface area contributed by atoms with Crippen LogP contribution in [0.2, 0.25) is 5.02 Å². The fraction of sp³-hybridized carbons (Fsp3) is 0.294. The predicted molar refractivity (Wildman–Crippen MR) is 96.4 cm³/mol. The molecule has 25 heavy (non-hydrogen) atoms. The van der Waals surface area contributed by atoms with Crippen molar-refractivity contribution in [1.82, 2.24) is 24.9 Å². The van der Waals surface area contributed by atoms with Gasteiger partial charge in [-0.05, 0) is 30.2 Å². The molecule has 1 atom stereocenters. The molecule has 2 N–H and O–H groups in total. The number of amides is 1. The molecule has 0 aromatic carbocycles. The molecule has 1 amide bonds. The van der Waals surface area contributed by atoms with Crippen LogP contribution >= 0.6 is 11.6 Å². The first-order valence-corrected chi connectivity index (χ1v) is 8.37. The van der Waals surface area contributed by atoms with Crippen LogP contribution in [0.25, 0.3) is 5.65 Å². The molecule has 3 heterocycles. The number of carbonyl (C=O) groups excluding carboxylic acids is 1. The van der Waals surface area contributed by atoms with Gasteiger partial charge >= 0.3 is 0 Å². The summed E-state index contributed by atoms with van der Waals surface area (Å²) in [6.45, 7) is 4.27. The third kappa shape index (κ3) is 4.12. The zero-order valence-corrected chi connectivity index (χ0v) is 14.7. The summed E-state index contributed by atoms with van der Waals surface area (Å²) in [4.78, 5) is 16.2. The minimum Gasteiger partial charge on any atom is -0.310 e. The van der Waals surface area contributed by atoms with Crippen LogP contribution in [0.5, 0.6) is 0 Å². The van der Waals surface area contributed by atoms with Gasteiger partial charge in [0.15, 0.2) is 11.5 Å². The molecule has 0 spiro atoms. The number of aromatic nitrogens is 4. The summed E-state index contributed by atoms with van der Waals surface area (Å²) in [6, 6.07) is 8.96. The zero-order chi connectivity index (χ0) is 17.8. The number of nitrogens with zero attached hydrogens (tertiary/aromatic N) is 4. The van der Waals surface area contributed by atoms with Gasteiger partial charge in [0.1, 0.15) is 5.82 Å². The summed E-state index contributed by atoms with van der Waals surface area (Å²) in [5.41, 5.74) is 0.778. The molecule has 0 saturated heterocycles. The molecule has 3 aromatic rings. The van der Waals surface area contributed by atoms with Crippen molar-refractivity contribution in [3.05, 3.63) is 53.6 Å². The molecule has 8 heteroatoms. The minimum absolute atomic E-state index is 0.110. The van der Waals surface area contributed by atoms with Gasteiger partial charge in [0.05, 0.1) is 17.6 Å². The third-order valence-electron chi connectivity index (χ3n) is 3.76. The second-order valence-corrected chi connectivity index (χ2v) is 6.44. The van der Waals surface area contributed by atoms with E-state index in [2.05, 4.69) is 39.7 Å². The Labute approximate surface area is 150 Å². The monoisotopic (exact) mass is 358 g/mol. The molecule has 0 bridgehead atoms. The van der Waals surface area contributed by atoms with Crippen LogP contribution in [0, 0.1) is 5.92 Å². The number of carbonyl (C=O) groups is 1. The van der Waals surface area contributed by atoms with Gasteiger partial charge in [0.25, 0.3) is 0 Å². The van der Waals surface area contributed by atoms with Crippen molar-refractivity contribution in [2.45, 2.75) is 19.9 Å². The van der Waals surface area contributed by atoms with E-state index in [1.807, 2.05) is 28.8 Å². The van der Waals surface area contributed by atoms with Crippen molar-refractivity contribution in [2.75, 3.05) is 11.9 Å². The van der Waals surface area contributed by atoms with Crippen LogP contribution in [0.4, 0.5) is 5.82 Å². The van der Waals surface area contributed by atoms with E-state index in [-0.39, 0.29) is 24.4 Å². The first-order chi connectivity index (χ1) is 12.0. The normalized spacial score (nSPS) is 12.5. The lowest BCUT2D eigenvalue weighted by Gasteiger charge is -2.20. The number of pyridine rings is 2. The van der Waals surface area contributed by atoms with E-state index in [0.717, 1.165) is 11.5 Å². The highest BCUT2D eigenvalue weighted by atomic mass is 35.5. The van der Waals surface area contributed by atoms with Crippen LogP contribution in [0.1, 0.15) is 25.7 Å². The standard InChI is InChI=1S/C17H19ClN6O/c1-11(2)16(17-23-22-14-5-3-4-8-24(14)17)20-10-15(25)21-13-7-6-12(18)9-19-13/h3-9,11,16,20H,10H2,1-2H3,(H,19,21,25). The van der Waals surface area contributed by atoms with Crippen LogP contribution in [-0.4, -0.2) is 32.0 Å². The van der Waals surface area contributed by atoms with Crippen LogP contribution in [-0.2, 0) is 4.79 Å². The molecule has 0 aliphatic heterocycles. The molecule has 3 aromatic heterocycles. The second kappa shape index (κ2) is 7.58. The number of fused-ring (bicyclic) bond motifs is 1. The van der Waals surface area contributed by atoms with Gasteiger partial charge in [-0.15, -0.1) is 10.2 Å². The molecule has 1 unspecified atom stereocenters. The van der Waals surface area contributed by atoms with E-state index >= 15 is 0 Å². The van der Waals surface area contributed by atoms with Crippen LogP contribution in [0.3, 0.4) is 0 Å². The average molecular weight is 359 g/mol. The lowest BCUT2D eigenvalue weighted by Crippen LogP contribution is -2.34. The largest absolute Gasteiger partial charge is 0.310 e. The number of anilines is 1. The van der Waals surface area contributed by atoms with Crippen LogP contribution in [0.15, 0.2) is 42.7 Å². The van der Waals surface area contributed by atoms with E-state index in [9.17, 15) is 4.79 Å². The Morgan fingerprint density at radius 3 is 2.80 bits per heavy atom. The van der Waals surface area contributed by atoms with E-state index in [0.29, 0.717) is 10.8 Å². The topological polar surface area (TPSA) is 84.2 Å². The van der Waals surface area contributed by atoms with Gasteiger partial charge < -0.3 is 5.32 Å². The lowest BCUT2D eigenvalue weighted by molar-refractivity contribution is -0.115. The number of nitrogens with one attached hydrogen (secondary N) is 2. The Hall–Kier alpha value is -2.51. The third-order valence-corrected chi connectivity index (χ3v) is 3.99. The zero-order valence-electron chi connectivity index (χ0n) is 14.0. The molecule has 0 aliphatic carbocycles. The Morgan fingerprint density at radius 1 is 1.24 bits per heavy atom. The molecule has 3 rings (SSSR count). The molecule has 130 valence electrons. The highest BCUT2D eigenvalue weighted by Crippen LogP contribution is 2.20. The lowest BCUT2D eigenvalue weighted by atomic mass is 10.0. The van der Waals surface area contributed by atoms with Crippen LogP contribution < -0.4 is 10.6 Å². The van der Waals surface area contributed by atoms with Gasteiger partial charge in [0, 0.05) is 12.4 Å². The molecular weight excluding hydrogens is 340 g/mol. The van der Waals surface area contributed by atoms with E-state index in [1.54, 1.807) is 12.1 Å². The number of hydrogen-bond donors (Lipinski definition) is 2. The second-order valence-electron chi connectivity index (χ2n) is 6.00. The van der Waals surface area contributed by atoms with Crippen molar-refractivity contribution in [3.8, 4) is 0 Å². The summed E-state index contributed by atoms with van der Waals surface area (Å²) in [5.74, 6) is 1.29. The Kier molecular flexibility index (Phi) is 5.25. The van der Waals surface area contributed by atoms with Crippen molar-refractivity contribution in [3.63, 3.8) is 0 Å². The maximum absolute atomic E-state index is 12.2. The summed E-state index contributed by atoms with van der Waals surface area (Å²) in [7, 11) is 0. The van der Waals surface area contributed by atoms with E-state index < -0.39 is 0 Å². The number of halogens is 1. The highest BCUT2D eigenvalue weighted by molar-refractivity contribution is 6.30. The Morgan fingerprint density at radius 2 is 2.08 bits per heavy atom. The first-order valence-electron chi connectivity index (χ1n) is 7.99. The van der Waals surface area contributed by atoms with Gasteiger partial charge in [-0.1, -0.05) is 31.5 Å². The molecular formula is C17H19ClN6O. The molecule has 0 aliphatic rings. The molecule has 7 nitrogen and oxygen atoms in total. The molecule has 0 radical (unpaired) electrons. The average Bonchev–Trinajstić information content (AvgIpc) is 3.01. The van der Waals surface area contributed by atoms with Crippen molar-refractivity contribution in [1.29, 1.82) is 0 Å². The molecule has 0 saturated carbocycles. The Balaban J connectivity index is 1.68. The van der Waals surface area contributed by atoms with E-state index in [4.69, 9.17) is 11.6 Å². The summed E-state index contributed by atoms with van der Waals surface area (Å²) in [5, 5.41) is 15.0. The van der Waals surface area contributed by atoms with E-state index in [1.165, 1.54) is 6.20 Å². The summed E-state index contributed by atoms with van der Waals surface area (Å²) < 4.78 is 1.93. The maximum Gasteiger partial charge on any atom is 0.239 e. The highest BCUT2D eigenvalue weighted by Gasteiger charge is 2.22. The first kappa shape index (κ1) is 17.3. The van der Waals surface area contributed by atoms with Crippen molar-refractivity contribution >= 4 is 29.0 Å². The summed E-state index contributed by atoms with van der Waals surface area (Å²) >= 11 is 5.79.